The molecule has 7 heteroatoms. The van der Waals surface area contributed by atoms with E-state index in [0.717, 1.165) is 32.8 Å². The summed E-state index contributed by atoms with van der Waals surface area (Å²) in [5, 5.41) is 0. The van der Waals surface area contributed by atoms with Crippen molar-refractivity contribution in [2.45, 2.75) is 6.04 Å². The molecule has 1 aromatic rings. The van der Waals surface area contributed by atoms with Gasteiger partial charge in [0.05, 0.1) is 19.2 Å². The van der Waals surface area contributed by atoms with Crippen LogP contribution in [0.4, 0.5) is 0 Å². The Morgan fingerprint density at radius 3 is 2.83 bits per heavy atom. The standard InChI is InChI=1S/C11H15Br2N3OS/c1-15-2-3-16(7(5-14)6-15)11(17)8-4-9(12)18-10(8)13/h4,7H,2-3,5-6,14H2,1H3. The average molecular weight is 397 g/mol. The molecule has 1 fully saturated rings. The molecule has 0 bridgehead atoms. The molecule has 0 aromatic carbocycles. The second kappa shape index (κ2) is 6.00. The van der Waals surface area contributed by atoms with Crippen molar-refractivity contribution in [1.29, 1.82) is 0 Å². The zero-order valence-corrected chi connectivity index (χ0v) is 14.0. The number of nitrogens with zero attached hydrogens (tertiary/aromatic N) is 2. The number of halogens is 2. The first kappa shape index (κ1) is 14.5. The van der Waals surface area contributed by atoms with Crippen molar-refractivity contribution < 1.29 is 4.79 Å². The molecule has 1 aromatic heterocycles. The average Bonchev–Trinajstić information content (AvgIpc) is 2.67. The fourth-order valence-electron chi connectivity index (χ4n) is 2.12. The van der Waals surface area contributed by atoms with Crippen molar-refractivity contribution in [3.63, 3.8) is 0 Å². The molecule has 18 heavy (non-hydrogen) atoms. The second-order valence-corrected chi connectivity index (χ2v) is 8.14. The summed E-state index contributed by atoms with van der Waals surface area (Å²) in [6.07, 6.45) is 0. The largest absolute Gasteiger partial charge is 0.332 e. The number of piperazine rings is 1. The fourth-order valence-corrected chi connectivity index (χ4v) is 4.90. The molecule has 2 heterocycles. The Morgan fingerprint density at radius 2 is 2.28 bits per heavy atom. The third-order valence-electron chi connectivity index (χ3n) is 3.11. The summed E-state index contributed by atoms with van der Waals surface area (Å²) >= 11 is 8.35. The molecule has 2 N–H and O–H groups in total. The van der Waals surface area contributed by atoms with E-state index in [-0.39, 0.29) is 11.9 Å². The van der Waals surface area contributed by atoms with E-state index < -0.39 is 0 Å². The smallest absolute Gasteiger partial charge is 0.256 e. The molecular formula is C11H15Br2N3OS. The molecule has 100 valence electrons. The van der Waals surface area contributed by atoms with Crippen LogP contribution >= 0.6 is 43.2 Å². The molecule has 0 spiro atoms. The lowest BCUT2D eigenvalue weighted by Gasteiger charge is -2.39. The molecule has 0 aliphatic carbocycles. The van der Waals surface area contributed by atoms with E-state index in [9.17, 15) is 4.79 Å². The molecule has 1 unspecified atom stereocenters. The number of rotatable bonds is 2. The predicted octanol–water partition coefficient (Wildman–Crippen LogP) is 1.99. The maximum Gasteiger partial charge on any atom is 0.256 e. The zero-order valence-electron chi connectivity index (χ0n) is 10.0. The number of likely N-dealkylation sites (N-methyl/N-ethyl adjacent to an activating group) is 1. The Balaban J connectivity index is 2.20. The van der Waals surface area contributed by atoms with Crippen molar-refractivity contribution in [1.82, 2.24) is 9.80 Å². The van der Waals surface area contributed by atoms with Crippen LogP contribution in [0, 0.1) is 0 Å². The molecule has 1 atom stereocenters. The third kappa shape index (κ3) is 2.96. The minimum absolute atomic E-state index is 0.0624. The Morgan fingerprint density at radius 1 is 1.56 bits per heavy atom. The van der Waals surface area contributed by atoms with Crippen molar-refractivity contribution in [2.24, 2.45) is 5.73 Å². The molecule has 1 aliphatic rings. The van der Waals surface area contributed by atoms with Crippen molar-refractivity contribution in [3.05, 3.63) is 19.2 Å². The monoisotopic (exact) mass is 395 g/mol. The normalized spacial score (nSPS) is 21.3. The Labute approximate surface area is 127 Å². The fraction of sp³-hybridized carbons (Fsp3) is 0.545. The van der Waals surface area contributed by atoms with E-state index in [2.05, 4.69) is 43.8 Å². The molecule has 1 saturated heterocycles. The lowest BCUT2D eigenvalue weighted by atomic mass is 10.1. The first-order valence-electron chi connectivity index (χ1n) is 5.67. The van der Waals surface area contributed by atoms with Gasteiger partial charge in [-0.15, -0.1) is 11.3 Å². The van der Waals surface area contributed by atoms with Gasteiger partial charge in [0.15, 0.2) is 0 Å². The Bertz CT molecular complexity index is 451. The van der Waals surface area contributed by atoms with Gasteiger partial charge in [0.2, 0.25) is 0 Å². The minimum atomic E-state index is 0.0624. The summed E-state index contributed by atoms with van der Waals surface area (Å²) in [6.45, 7) is 2.96. The van der Waals surface area contributed by atoms with E-state index in [1.54, 1.807) is 0 Å². The topological polar surface area (TPSA) is 49.6 Å². The van der Waals surface area contributed by atoms with Gasteiger partial charge in [-0.05, 0) is 45.0 Å². The van der Waals surface area contributed by atoms with Crippen LogP contribution in [0.5, 0.6) is 0 Å². The van der Waals surface area contributed by atoms with E-state index in [4.69, 9.17) is 5.73 Å². The number of amides is 1. The zero-order chi connectivity index (χ0) is 13.3. The second-order valence-electron chi connectivity index (χ2n) is 4.39. The highest BCUT2D eigenvalue weighted by molar-refractivity contribution is 9.12. The molecule has 1 aliphatic heterocycles. The molecule has 0 saturated carbocycles. The van der Waals surface area contributed by atoms with E-state index in [0.29, 0.717) is 6.54 Å². The van der Waals surface area contributed by atoms with E-state index in [1.807, 2.05) is 11.0 Å². The van der Waals surface area contributed by atoms with Gasteiger partial charge in [0.1, 0.15) is 0 Å². The summed E-state index contributed by atoms with van der Waals surface area (Å²) in [4.78, 5) is 16.6. The number of thiophene rings is 1. The van der Waals surface area contributed by atoms with E-state index >= 15 is 0 Å². The summed E-state index contributed by atoms with van der Waals surface area (Å²) in [7, 11) is 2.06. The Kier molecular flexibility index (Phi) is 4.82. The maximum atomic E-state index is 12.5. The third-order valence-corrected chi connectivity index (χ3v) is 5.45. The van der Waals surface area contributed by atoms with Crippen LogP contribution in [-0.2, 0) is 0 Å². The van der Waals surface area contributed by atoms with Crippen LogP contribution < -0.4 is 5.73 Å². The number of carbonyl (C=O) groups excluding carboxylic acids is 1. The van der Waals surface area contributed by atoms with Gasteiger partial charge in [-0.3, -0.25) is 4.79 Å². The van der Waals surface area contributed by atoms with Gasteiger partial charge in [0.25, 0.3) is 5.91 Å². The molecule has 4 nitrogen and oxygen atoms in total. The summed E-state index contributed by atoms with van der Waals surface area (Å²) in [5.74, 6) is 0.0624. The van der Waals surface area contributed by atoms with E-state index in [1.165, 1.54) is 11.3 Å². The van der Waals surface area contributed by atoms with Crippen LogP contribution in [0.15, 0.2) is 13.6 Å². The van der Waals surface area contributed by atoms with Gasteiger partial charge in [-0.1, -0.05) is 0 Å². The number of nitrogens with two attached hydrogens (primary N) is 1. The first-order chi connectivity index (χ1) is 8.52. The van der Waals surface area contributed by atoms with Gasteiger partial charge in [-0.2, -0.15) is 0 Å². The molecular weight excluding hydrogens is 382 g/mol. The minimum Gasteiger partial charge on any atom is -0.332 e. The van der Waals surface area contributed by atoms with Crippen LogP contribution in [0.2, 0.25) is 0 Å². The highest BCUT2D eigenvalue weighted by Gasteiger charge is 2.30. The van der Waals surface area contributed by atoms with Crippen molar-refractivity contribution in [2.75, 3.05) is 33.2 Å². The lowest BCUT2D eigenvalue weighted by molar-refractivity contribution is 0.0515. The van der Waals surface area contributed by atoms with Crippen LogP contribution in [0.3, 0.4) is 0 Å². The van der Waals surface area contributed by atoms with Crippen LogP contribution in [-0.4, -0.2) is 55.0 Å². The first-order valence-corrected chi connectivity index (χ1v) is 8.07. The van der Waals surface area contributed by atoms with Gasteiger partial charge in [0, 0.05) is 26.2 Å². The van der Waals surface area contributed by atoms with Gasteiger partial charge in [-0.25, -0.2) is 0 Å². The molecule has 1 amide bonds. The lowest BCUT2D eigenvalue weighted by Crippen LogP contribution is -2.56. The highest BCUT2D eigenvalue weighted by atomic mass is 79.9. The number of hydrogen-bond acceptors (Lipinski definition) is 4. The predicted molar refractivity (Wildman–Crippen MR) is 81.1 cm³/mol. The quantitative estimate of drug-likeness (QED) is 0.831. The molecule has 0 radical (unpaired) electrons. The van der Waals surface area contributed by atoms with Gasteiger partial charge < -0.3 is 15.5 Å². The Hall–Kier alpha value is 0.0500. The van der Waals surface area contributed by atoms with Gasteiger partial charge >= 0.3 is 0 Å². The van der Waals surface area contributed by atoms with Crippen molar-refractivity contribution in [3.8, 4) is 0 Å². The van der Waals surface area contributed by atoms with Crippen LogP contribution in [0.1, 0.15) is 10.4 Å². The summed E-state index contributed by atoms with van der Waals surface area (Å²) in [6, 6.07) is 1.96. The number of carbonyl (C=O) groups is 1. The summed E-state index contributed by atoms with van der Waals surface area (Å²) in [5.41, 5.74) is 6.49. The van der Waals surface area contributed by atoms with Crippen molar-refractivity contribution >= 4 is 49.1 Å². The van der Waals surface area contributed by atoms with Crippen LogP contribution in [0.25, 0.3) is 0 Å². The SMILES string of the molecule is CN1CCN(C(=O)c2cc(Br)sc2Br)C(CN)C1. The number of hydrogen-bond donors (Lipinski definition) is 1. The highest BCUT2D eigenvalue weighted by Crippen LogP contribution is 2.33. The maximum absolute atomic E-state index is 12.5. The molecule has 2 rings (SSSR count). The summed E-state index contributed by atoms with van der Waals surface area (Å²) < 4.78 is 1.82.